The first-order valence-electron chi connectivity index (χ1n) is 9.57. The van der Waals surface area contributed by atoms with Crippen LogP contribution in [-0.4, -0.2) is 16.2 Å². The standard InChI is InChI=1S/C22H16F3N3O2S/c23-17-8-3-12(10-27-17)18-19(26)20-15(9-16(31-20)11-1-2-11)28(21(18)29)13-4-6-14(7-5-13)30-22(24)25/h3-11,22H,1-2,26H2. The summed E-state index contributed by atoms with van der Waals surface area (Å²) < 4.78 is 45.0. The minimum atomic E-state index is -2.94. The summed E-state index contributed by atoms with van der Waals surface area (Å²) in [5.41, 5.74) is 8.09. The van der Waals surface area contributed by atoms with Crippen molar-refractivity contribution in [3.63, 3.8) is 0 Å². The molecule has 4 aromatic rings. The van der Waals surface area contributed by atoms with Crippen molar-refractivity contribution < 1.29 is 17.9 Å². The molecule has 0 amide bonds. The van der Waals surface area contributed by atoms with E-state index in [2.05, 4.69) is 9.72 Å². The summed E-state index contributed by atoms with van der Waals surface area (Å²) in [6.07, 6.45) is 3.45. The molecule has 0 spiro atoms. The van der Waals surface area contributed by atoms with Crippen molar-refractivity contribution in [3.8, 4) is 22.6 Å². The Morgan fingerprint density at radius 3 is 2.52 bits per heavy atom. The van der Waals surface area contributed by atoms with Crippen molar-refractivity contribution in [2.75, 3.05) is 5.73 Å². The Hall–Kier alpha value is -3.33. The van der Waals surface area contributed by atoms with Gasteiger partial charge in [-0.15, -0.1) is 11.3 Å². The first-order chi connectivity index (χ1) is 14.9. The van der Waals surface area contributed by atoms with Crippen molar-refractivity contribution >= 4 is 27.2 Å². The van der Waals surface area contributed by atoms with E-state index in [0.717, 1.165) is 22.4 Å². The van der Waals surface area contributed by atoms with Gasteiger partial charge >= 0.3 is 6.61 Å². The molecule has 1 aliphatic rings. The lowest BCUT2D eigenvalue weighted by Gasteiger charge is -2.14. The zero-order valence-corrected chi connectivity index (χ0v) is 16.8. The highest BCUT2D eigenvalue weighted by Crippen LogP contribution is 2.47. The number of ether oxygens (including phenoxy) is 1. The van der Waals surface area contributed by atoms with Crippen molar-refractivity contribution in [3.05, 3.63) is 69.8 Å². The van der Waals surface area contributed by atoms with Gasteiger partial charge in [0.05, 0.1) is 21.5 Å². The summed E-state index contributed by atoms with van der Waals surface area (Å²) in [6.45, 7) is -2.94. The van der Waals surface area contributed by atoms with E-state index in [1.807, 2.05) is 6.07 Å². The van der Waals surface area contributed by atoms with Crippen molar-refractivity contribution in [2.24, 2.45) is 0 Å². The number of benzene rings is 1. The molecule has 1 aromatic carbocycles. The van der Waals surface area contributed by atoms with Crippen LogP contribution in [0.1, 0.15) is 23.6 Å². The molecule has 0 bridgehead atoms. The van der Waals surface area contributed by atoms with Gasteiger partial charge < -0.3 is 10.5 Å². The number of aromatic nitrogens is 2. The molecule has 9 heteroatoms. The van der Waals surface area contributed by atoms with E-state index in [1.54, 1.807) is 0 Å². The molecule has 1 aliphatic carbocycles. The van der Waals surface area contributed by atoms with Crippen molar-refractivity contribution in [1.29, 1.82) is 0 Å². The molecular formula is C22H16F3N3O2S. The second kappa shape index (κ2) is 7.42. The highest BCUT2D eigenvalue weighted by Gasteiger charge is 2.28. The van der Waals surface area contributed by atoms with Gasteiger partial charge in [-0.05, 0) is 61.2 Å². The predicted molar refractivity (Wildman–Crippen MR) is 114 cm³/mol. The van der Waals surface area contributed by atoms with E-state index < -0.39 is 18.1 Å². The van der Waals surface area contributed by atoms with Gasteiger partial charge in [0.1, 0.15) is 5.75 Å². The number of thiophene rings is 1. The van der Waals surface area contributed by atoms with Gasteiger partial charge in [0.25, 0.3) is 5.56 Å². The Kier molecular flexibility index (Phi) is 4.70. The van der Waals surface area contributed by atoms with Crippen molar-refractivity contribution in [2.45, 2.75) is 25.4 Å². The lowest BCUT2D eigenvalue weighted by molar-refractivity contribution is -0.0498. The van der Waals surface area contributed by atoms with E-state index >= 15 is 0 Å². The first-order valence-corrected chi connectivity index (χ1v) is 10.4. The Balaban J connectivity index is 1.76. The van der Waals surface area contributed by atoms with Crippen LogP contribution in [0.25, 0.3) is 27.0 Å². The number of halogens is 3. The van der Waals surface area contributed by atoms with E-state index in [0.29, 0.717) is 28.4 Å². The normalized spacial score (nSPS) is 13.8. The molecule has 0 saturated heterocycles. The minimum absolute atomic E-state index is 0.00886. The lowest BCUT2D eigenvalue weighted by atomic mass is 10.1. The molecule has 31 heavy (non-hydrogen) atoms. The van der Waals surface area contributed by atoms with Gasteiger partial charge in [0, 0.05) is 22.3 Å². The molecule has 5 rings (SSSR count). The van der Waals surface area contributed by atoms with Gasteiger partial charge in [-0.2, -0.15) is 13.2 Å². The van der Waals surface area contributed by atoms with E-state index in [1.165, 1.54) is 58.5 Å². The fourth-order valence-corrected chi connectivity index (χ4v) is 4.89. The molecule has 3 aromatic heterocycles. The Bertz CT molecular complexity index is 1330. The van der Waals surface area contributed by atoms with Gasteiger partial charge in [0.2, 0.25) is 5.95 Å². The minimum Gasteiger partial charge on any atom is -0.435 e. The van der Waals surface area contributed by atoms with E-state index in [4.69, 9.17) is 5.73 Å². The smallest absolute Gasteiger partial charge is 0.387 e. The SMILES string of the molecule is Nc1c(-c2ccc(F)nc2)c(=O)n(-c2ccc(OC(F)F)cc2)c2cc(C3CC3)sc12. The molecule has 0 atom stereocenters. The number of anilines is 1. The van der Waals surface area contributed by atoms with Crippen LogP contribution in [0.3, 0.4) is 0 Å². The summed E-state index contributed by atoms with van der Waals surface area (Å²) in [6, 6.07) is 10.4. The Labute approximate surface area is 178 Å². The summed E-state index contributed by atoms with van der Waals surface area (Å²) in [4.78, 5) is 18.4. The third kappa shape index (κ3) is 3.54. The van der Waals surface area contributed by atoms with Crippen LogP contribution in [0.5, 0.6) is 5.75 Å². The molecule has 1 fully saturated rings. The van der Waals surface area contributed by atoms with Crippen LogP contribution in [0.2, 0.25) is 0 Å². The van der Waals surface area contributed by atoms with Crippen LogP contribution in [0.4, 0.5) is 18.9 Å². The highest BCUT2D eigenvalue weighted by atomic mass is 32.1. The number of hydrogen-bond acceptors (Lipinski definition) is 5. The molecule has 0 aliphatic heterocycles. The molecule has 5 nitrogen and oxygen atoms in total. The van der Waals surface area contributed by atoms with Crippen LogP contribution < -0.4 is 16.0 Å². The summed E-state index contributed by atoms with van der Waals surface area (Å²) in [7, 11) is 0. The number of rotatable bonds is 5. The largest absolute Gasteiger partial charge is 0.435 e. The van der Waals surface area contributed by atoms with E-state index in [-0.39, 0.29) is 11.3 Å². The van der Waals surface area contributed by atoms with Gasteiger partial charge in [-0.3, -0.25) is 9.36 Å². The second-order valence-electron chi connectivity index (χ2n) is 7.31. The molecule has 3 heterocycles. The molecule has 2 N–H and O–H groups in total. The fourth-order valence-electron chi connectivity index (χ4n) is 3.61. The predicted octanol–water partition coefficient (Wildman–Crippen LogP) is 5.31. The molecular weight excluding hydrogens is 427 g/mol. The van der Waals surface area contributed by atoms with Gasteiger partial charge in [-0.1, -0.05) is 0 Å². The maximum atomic E-state index is 13.6. The Morgan fingerprint density at radius 2 is 1.90 bits per heavy atom. The van der Waals surface area contributed by atoms with Crippen LogP contribution in [0.15, 0.2) is 53.5 Å². The number of alkyl halides is 2. The first kappa shape index (κ1) is 19.6. The highest BCUT2D eigenvalue weighted by molar-refractivity contribution is 7.19. The monoisotopic (exact) mass is 443 g/mol. The summed E-state index contributed by atoms with van der Waals surface area (Å²) in [5.74, 6) is -0.214. The van der Waals surface area contributed by atoms with Crippen LogP contribution >= 0.6 is 11.3 Å². The van der Waals surface area contributed by atoms with Crippen LogP contribution in [-0.2, 0) is 0 Å². The third-order valence-electron chi connectivity index (χ3n) is 5.22. The van der Waals surface area contributed by atoms with Crippen molar-refractivity contribution in [1.82, 2.24) is 9.55 Å². The molecule has 1 saturated carbocycles. The van der Waals surface area contributed by atoms with Gasteiger partial charge in [0.15, 0.2) is 0 Å². The van der Waals surface area contributed by atoms with Gasteiger partial charge in [-0.25, -0.2) is 4.98 Å². The number of fused-ring (bicyclic) bond motifs is 1. The zero-order chi connectivity index (χ0) is 21.7. The maximum Gasteiger partial charge on any atom is 0.387 e. The molecule has 158 valence electrons. The number of hydrogen-bond donors (Lipinski definition) is 1. The number of nitrogen functional groups attached to an aromatic ring is 1. The fraction of sp³-hybridized carbons (Fsp3) is 0.182. The second-order valence-corrected chi connectivity index (χ2v) is 8.39. The Morgan fingerprint density at radius 1 is 1.16 bits per heavy atom. The maximum absolute atomic E-state index is 13.6. The molecule has 0 unspecified atom stereocenters. The summed E-state index contributed by atoms with van der Waals surface area (Å²) in [5, 5.41) is 0. The van der Waals surface area contributed by atoms with Crippen LogP contribution in [0, 0.1) is 5.95 Å². The third-order valence-corrected chi connectivity index (χ3v) is 6.54. The topological polar surface area (TPSA) is 70.1 Å². The zero-order valence-electron chi connectivity index (χ0n) is 16.0. The average molecular weight is 443 g/mol. The number of nitrogens with two attached hydrogens (primary N) is 1. The quantitative estimate of drug-likeness (QED) is 0.424. The summed E-state index contributed by atoms with van der Waals surface area (Å²) >= 11 is 1.53. The lowest BCUT2D eigenvalue weighted by Crippen LogP contribution is -2.22. The van der Waals surface area contributed by atoms with E-state index in [9.17, 15) is 18.0 Å². The molecule has 0 radical (unpaired) electrons. The number of pyridine rings is 2. The number of nitrogens with zero attached hydrogens (tertiary/aromatic N) is 2. The average Bonchev–Trinajstić information content (AvgIpc) is 3.49.